The van der Waals surface area contributed by atoms with Gasteiger partial charge in [-0.2, -0.15) is 0 Å². The number of hydrogen-bond acceptors (Lipinski definition) is 3. The van der Waals surface area contributed by atoms with E-state index in [1.807, 2.05) is 0 Å². The van der Waals surface area contributed by atoms with Crippen LogP contribution in [0.2, 0.25) is 5.15 Å². The van der Waals surface area contributed by atoms with Crippen molar-refractivity contribution in [2.45, 2.75) is 26.3 Å². The first kappa shape index (κ1) is 14.7. The van der Waals surface area contributed by atoms with Crippen LogP contribution in [0, 0.1) is 11.2 Å². The molecule has 1 aromatic rings. The summed E-state index contributed by atoms with van der Waals surface area (Å²) in [7, 11) is 2.15. The highest BCUT2D eigenvalue weighted by atomic mass is 35.5. The molecule has 2 heterocycles. The molecule has 0 radical (unpaired) electrons. The van der Waals surface area contributed by atoms with Gasteiger partial charge in [-0.3, -0.25) is 0 Å². The predicted molar refractivity (Wildman–Crippen MR) is 75.7 cm³/mol. The first-order valence-electron chi connectivity index (χ1n) is 6.68. The molecule has 0 saturated carbocycles. The predicted octanol–water partition coefficient (Wildman–Crippen LogP) is 2.70. The third-order valence-corrected chi connectivity index (χ3v) is 4.25. The van der Waals surface area contributed by atoms with Crippen molar-refractivity contribution < 1.29 is 4.39 Å². The van der Waals surface area contributed by atoms with Gasteiger partial charge in [0.05, 0.1) is 0 Å². The molecule has 1 aliphatic rings. The van der Waals surface area contributed by atoms with E-state index in [-0.39, 0.29) is 5.15 Å². The van der Waals surface area contributed by atoms with Gasteiger partial charge >= 0.3 is 0 Å². The van der Waals surface area contributed by atoms with Crippen molar-refractivity contribution in [2.24, 2.45) is 5.41 Å². The van der Waals surface area contributed by atoms with Crippen LogP contribution in [0.25, 0.3) is 0 Å². The van der Waals surface area contributed by atoms with Gasteiger partial charge in [-0.1, -0.05) is 18.5 Å². The lowest BCUT2D eigenvalue weighted by Gasteiger charge is -2.38. The van der Waals surface area contributed by atoms with Gasteiger partial charge in [-0.15, -0.1) is 0 Å². The Labute approximate surface area is 119 Å². The van der Waals surface area contributed by atoms with E-state index < -0.39 is 5.82 Å². The number of nitrogens with zero attached hydrogens (tertiary/aromatic N) is 2. The minimum absolute atomic E-state index is 0.0511. The van der Waals surface area contributed by atoms with Crippen molar-refractivity contribution in [2.75, 3.05) is 26.7 Å². The number of nitrogens with one attached hydrogen (secondary N) is 1. The molecule has 19 heavy (non-hydrogen) atoms. The van der Waals surface area contributed by atoms with Crippen LogP contribution in [0.15, 0.2) is 12.3 Å². The lowest BCUT2D eigenvalue weighted by Crippen LogP contribution is -2.41. The number of halogens is 2. The molecule has 1 saturated heterocycles. The van der Waals surface area contributed by atoms with Crippen LogP contribution < -0.4 is 5.32 Å². The maximum atomic E-state index is 13.7. The molecule has 0 atom stereocenters. The molecular formula is C14H21ClFN3. The van der Waals surface area contributed by atoms with Crippen LogP contribution in [-0.4, -0.2) is 36.6 Å². The third-order valence-electron chi connectivity index (χ3n) is 3.99. The topological polar surface area (TPSA) is 28.2 Å². The van der Waals surface area contributed by atoms with E-state index in [0.717, 1.165) is 19.6 Å². The minimum Gasteiger partial charge on any atom is -0.312 e. The second-order valence-corrected chi connectivity index (χ2v) is 6.15. The number of pyridine rings is 1. The molecular weight excluding hydrogens is 265 g/mol. The molecule has 1 N–H and O–H groups in total. The van der Waals surface area contributed by atoms with Crippen LogP contribution in [-0.2, 0) is 6.54 Å². The van der Waals surface area contributed by atoms with Gasteiger partial charge < -0.3 is 10.2 Å². The van der Waals surface area contributed by atoms with E-state index >= 15 is 0 Å². The van der Waals surface area contributed by atoms with Gasteiger partial charge in [-0.25, -0.2) is 9.37 Å². The van der Waals surface area contributed by atoms with E-state index in [2.05, 4.69) is 29.2 Å². The summed E-state index contributed by atoms with van der Waals surface area (Å²) in [6.07, 6.45) is 3.89. The SMILES string of the molecule is CN1CCC(C)(CNCc2ccnc(Cl)c2F)CC1. The van der Waals surface area contributed by atoms with Gasteiger partial charge in [0, 0.05) is 24.8 Å². The fraction of sp³-hybridized carbons (Fsp3) is 0.643. The highest BCUT2D eigenvalue weighted by Crippen LogP contribution is 2.29. The Morgan fingerprint density at radius 3 is 2.84 bits per heavy atom. The average Bonchev–Trinajstić information content (AvgIpc) is 2.39. The lowest BCUT2D eigenvalue weighted by molar-refractivity contribution is 0.136. The molecule has 0 amide bonds. The Morgan fingerprint density at radius 1 is 1.47 bits per heavy atom. The van der Waals surface area contributed by atoms with Crippen LogP contribution >= 0.6 is 11.6 Å². The van der Waals surface area contributed by atoms with Gasteiger partial charge in [-0.05, 0) is 44.5 Å². The van der Waals surface area contributed by atoms with Gasteiger partial charge in [0.1, 0.15) is 0 Å². The Kier molecular flexibility index (Phi) is 4.76. The second kappa shape index (κ2) is 6.16. The zero-order valence-electron chi connectivity index (χ0n) is 11.5. The second-order valence-electron chi connectivity index (χ2n) is 5.79. The number of rotatable bonds is 4. The highest BCUT2D eigenvalue weighted by molar-refractivity contribution is 6.29. The molecule has 0 aliphatic carbocycles. The molecule has 2 rings (SSSR count). The molecule has 5 heteroatoms. The first-order valence-corrected chi connectivity index (χ1v) is 7.06. The van der Waals surface area contributed by atoms with E-state index in [1.54, 1.807) is 12.3 Å². The monoisotopic (exact) mass is 285 g/mol. The van der Waals surface area contributed by atoms with Crippen LogP contribution in [0.1, 0.15) is 25.3 Å². The molecule has 1 aromatic heterocycles. The fourth-order valence-electron chi connectivity index (χ4n) is 2.43. The van der Waals surface area contributed by atoms with Crippen molar-refractivity contribution >= 4 is 11.6 Å². The van der Waals surface area contributed by atoms with Gasteiger partial charge in [0.25, 0.3) is 0 Å². The van der Waals surface area contributed by atoms with Crippen molar-refractivity contribution in [1.82, 2.24) is 15.2 Å². The lowest BCUT2D eigenvalue weighted by atomic mass is 9.80. The zero-order valence-corrected chi connectivity index (χ0v) is 12.3. The normalized spacial score (nSPS) is 19.6. The van der Waals surface area contributed by atoms with Gasteiger partial charge in [0.2, 0.25) is 0 Å². The molecule has 3 nitrogen and oxygen atoms in total. The molecule has 106 valence electrons. The molecule has 1 fully saturated rings. The Morgan fingerprint density at radius 2 is 2.16 bits per heavy atom. The van der Waals surface area contributed by atoms with Crippen LogP contribution in [0.4, 0.5) is 4.39 Å². The summed E-state index contributed by atoms with van der Waals surface area (Å²) in [5.41, 5.74) is 0.885. The summed E-state index contributed by atoms with van der Waals surface area (Å²) in [5, 5.41) is 3.30. The summed E-state index contributed by atoms with van der Waals surface area (Å²) in [5.74, 6) is -0.412. The number of aromatic nitrogens is 1. The van der Waals surface area contributed by atoms with Crippen molar-refractivity contribution in [3.63, 3.8) is 0 Å². The Balaban J connectivity index is 1.85. The summed E-state index contributed by atoms with van der Waals surface area (Å²) >= 11 is 5.67. The minimum atomic E-state index is -0.412. The summed E-state index contributed by atoms with van der Waals surface area (Å²) in [6.45, 7) is 5.96. The zero-order chi connectivity index (χ0) is 13.9. The van der Waals surface area contributed by atoms with Crippen molar-refractivity contribution in [1.29, 1.82) is 0 Å². The quantitative estimate of drug-likeness (QED) is 0.862. The maximum Gasteiger partial charge on any atom is 0.165 e. The largest absolute Gasteiger partial charge is 0.312 e. The highest BCUT2D eigenvalue weighted by Gasteiger charge is 2.28. The van der Waals surface area contributed by atoms with Crippen molar-refractivity contribution in [3.05, 3.63) is 28.8 Å². The van der Waals surface area contributed by atoms with E-state index in [4.69, 9.17) is 11.6 Å². The van der Waals surface area contributed by atoms with Crippen molar-refractivity contribution in [3.8, 4) is 0 Å². The molecule has 0 spiro atoms. The van der Waals surface area contributed by atoms with Gasteiger partial charge in [0.15, 0.2) is 11.0 Å². The first-order chi connectivity index (χ1) is 9.00. The summed E-state index contributed by atoms with van der Waals surface area (Å²) in [4.78, 5) is 6.07. The standard InChI is InChI=1S/C14H21ClFN3/c1-14(4-7-19(2)8-5-14)10-17-9-11-3-6-18-13(15)12(11)16/h3,6,17H,4-5,7-10H2,1-2H3. The van der Waals surface area contributed by atoms with E-state index in [1.165, 1.54) is 12.8 Å². The van der Waals surface area contributed by atoms with E-state index in [0.29, 0.717) is 17.5 Å². The van der Waals surface area contributed by atoms with Crippen LogP contribution in [0.5, 0.6) is 0 Å². The molecule has 0 unspecified atom stereocenters. The maximum absolute atomic E-state index is 13.7. The molecule has 0 bridgehead atoms. The summed E-state index contributed by atoms with van der Waals surface area (Å²) < 4.78 is 13.7. The third kappa shape index (κ3) is 3.88. The Bertz CT molecular complexity index is 431. The molecule has 1 aliphatic heterocycles. The van der Waals surface area contributed by atoms with Crippen LogP contribution in [0.3, 0.4) is 0 Å². The number of likely N-dealkylation sites (tertiary alicyclic amines) is 1. The van der Waals surface area contributed by atoms with E-state index in [9.17, 15) is 4.39 Å². The molecule has 0 aromatic carbocycles. The summed E-state index contributed by atoms with van der Waals surface area (Å²) in [6, 6.07) is 1.67. The number of hydrogen-bond donors (Lipinski definition) is 1. The number of piperidine rings is 1. The smallest absolute Gasteiger partial charge is 0.165 e. The fourth-order valence-corrected chi connectivity index (χ4v) is 2.60. The average molecular weight is 286 g/mol. The Hall–Kier alpha value is -0.710.